The second-order valence-corrected chi connectivity index (χ2v) is 7.01. The summed E-state index contributed by atoms with van der Waals surface area (Å²) in [5, 5.41) is 0. The van der Waals surface area contributed by atoms with Crippen LogP contribution in [0.15, 0.2) is 12.2 Å². The summed E-state index contributed by atoms with van der Waals surface area (Å²) in [6, 6.07) is 0. The Balaban J connectivity index is 3.06. The van der Waals surface area contributed by atoms with Gasteiger partial charge in [0.25, 0.3) is 0 Å². The quantitative estimate of drug-likeness (QED) is 0.109. The normalized spacial score (nSPS) is 11.2. The lowest BCUT2D eigenvalue weighted by molar-refractivity contribution is -0.140. The molecule has 0 aromatic rings. The highest BCUT2D eigenvalue weighted by Gasteiger charge is 2.01. The number of rotatable bonds is 25. The summed E-state index contributed by atoms with van der Waals surface area (Å²) in [7, 11) is 4.03. The maximum absolute atomic E-state index is 11.1. The van der Waals surface area contributed by atoms with E-state index in [4.69, 9.17) is 37.9 Å². The standard InChI is InChI=1S/C22H43NO9/c1-21(2)22(24)32-20-19-31-18-17-30-16-15-29-14-13-28-12-11-27-10-9-26-8-7-25-6-5-23(3)4/h1,5-20H2,2-4H3. The van der Waals surface area contributed by atoms with E-state index in [9.17, 15) is 4.79 Å². The van der Waals surface area contributed by atoms with Crippen molar-refractivity contribution in [1.29, 1.82) is 0 Å². The van der Waals surface area contributed by atoms with Crippen LogP contribution >= 0.6 is 0 Å². The molecule has 0 radical (unpaired) electrons. The molecular formula is C22H43NO9. The van der Waals surface area contributed by atoms with Crippen molar-refractivity contribution < 1.29 is 42.7 Å². The minimum atomic E-state index is -0.406. The minimum absolute atomic E-state index is 0.209. The molecule has 190 valence electrons. The number of carbonyl (C=O) groups excluding carboxylic acids is 1. The van der Waals surface area contributed by atoms with Gasteiger partial charge in [-0.25, -0.2) is 4.79 Å². The van der Waals surface area contributed by atoms with Gasteiger partial charge < -0.3 is 42.8 Å². The smallest absolute Gasteiger partial charge is 0.333 e. The van der Waals surface area contributed by atoms with Crippen molar-refractivity contribution >= 4 is 5.97 Å². The van der Waals surface area contributed by atoms with Gasteiger partial charge in [-0.3, -0.25) is 0 Å². The molecule has 0 atom stereocenters. The molecule has 32 heavy (non-hydrogen) atoms. The van der Waals surface area contributed by atoms with Crippen LogP contribution in [0.3, 0.4) is 0 Å². The molecule has 0 unspecified atom stereocenters. The van der Waals surface area contributed by atoms with Crippen LogP contribution in [0.25, 0.3) is 0 Å². The molecular weight excluding hydrogens is 422 g/mol. The zero-order valence-corrected chi connectivity index (χ0v) is 20.1. The summed E-state index contributed by atoms with van der Waals surface area (Å²) in [6.07, 6.45) is 0. The number of likely N-dealkylation sites (N-methyl/N-ethyl adjacent to an activating group) is 1. The van der Waals surface area contributed by atoms with Crippen molar-refractivity contribution in [3.8, 4) is 0 Å². The van der Waals surface area contributed by atoms with Crippen LogP contribution in [0.1, 0.15) is 6.92 Å². The van der Waals surface area contributed by atoms with Gasteiger partial charge in [-0.1, -0.05) is 6.58 Å². The highest BCUT2D eigenvalue weighted by molar-refractivity contribution is 5.86. The lowest BCUT2D eigenvalue weighted by Gasteiger charge is -2.10. The van der Waals surface area contributed by atoms with Gasteiger partial charge in [0.1, 0.15) is 6.61 Å². The summed E-state index contributed by atoms with van der Waals surface area (Å²) in [4.78, 5) is 13.2. The van der Waals surface area contributed by atoms with E-state index in [1.165, 1.54) is 0 Å². The predicted octanol–water partition coefficient (Wildman–Crippen LogP) is 0.784. The van der Waals surface area contributed by atoms with E-state index in [-0.39, 0.29) is 6.61 Å². The van der Waals surface area contributed by atoms with Crippen LogP contribution in [0.2, 0.25) is 0 Å². The number of ether oxygens (including phenoxy) is 8. The van der Waals surface area contributed by atoms with Gasteiger partial charge >= 0.3 is 5.97 Å². The number of hydrogen-bond acceptors (Lipinski definition) is 10. The number of nitrogens with zero attached hydrogens (tertiary/aromatic N) is 1. The van der Waals surface area contributed by atoms with Crippen LogP contribution < -0.4 is 0 Å². The second-order valence-electron chi connectivity index (χ2n) is 7.01. The Morgan fingerprint density at radius 2 is 0.844 bits per heavy atom. The van der Waals surface area contributed by atoms with E-state index in [0.717, 1.165) is 6.54 Å². The Hall–Kier alpha value is -1.11. The monoisotopic (exact) mass is 465 g/mol. The third kappa shape index (κ3) is 25.2. The molecule has 0 spiro atoms. The fraction of sp³-hybridized carbons (Fsp3) is 0.864. The van der Waals surface area contributed by atoms with E-state index >= 15 is 0 Å². The Morgan fingerprint density at radius 1 is 0.562 bits per heavy atom. The zero-order valence-electron chi connectivity index (χ0n) is 20.1. The number of esters is 1. The zero-order chi connectivity index (χ0) is 23.7. The molecule has 0 amide bonds. The third-order valence-corrected chi connectivity index (χ3v) is 3.72. The molecule has 0 saturated heterocycles. The molecule has 10 nitrogen and oxygen atoms in total. The molecule has 0 aliphatic carbocycles. The predicted molar refractivity (Wildman–Crippen MR) is 120 cm³/mol. The van der Waals surface area contributed by atoms with E-state index < -0.39 is 5.97 Å². The maximum Gasteiger partial charge on any atom is 0.333 e. The SMILES string of the molecule is C=C(C)C(=O)OCCOCCOCCOCCOCCOCCOCCOCCN(C)C. The van der Waals surface area contributed by atoms with Crippen molar-refractivity contribution in [2.75, 3.05) is 120 Å². The van der Waals surface area contributed by atoms with Gasteiger partial charge in [-0.15, -0.1) is 0 Å². The molecule has 0 heterocycles. The van der Waals surface area contributed by atoms with Crippen molar-refractivity contribution in [2.24, 2.45) is 0 Å². The first-order valence-electron chi connectivity index (χ1n) is 11.1. The first-order chi connectivity index (χ1) is 15.5. The van der Waals surface area contributed by atoms with E-state index in [0.29, 0.717) is 98.1 Å². The molecule has 0 saturated carbocycles. The first-order valence-corrected chi connectivity index (χ1v) is 11.1. The average Bonchev–Trinajstić information content (AvgIpc) is 2.76. The first kappa shape index (κ1) is 30.9. The van der Waals surface area contributed by atoms with Gasteiger partial charge in [0.05, 0.1) is 92.5 Å². The molecule has 10 heteroatoms. The van der Waals surface area contributed by atoms with Gasteiger partial charge in [-0.2, -0.15) is 0 Å². The molecule has 0 aromatic heterocycles. The molecule has 0 bridgehead atoms. The summed E-state index contributed by atoms with van der Waals surface area (Å²) < 4.78 is 42.7. The van der Waals surface area contributed by atoms with Crippen molar-refractivity contribution in [2.45, 2.75) is 6.92 Å². The minimum Gasteiger partial charge on any atom is -0.460 e. The molecule has 0 aliphatic rings. The molecule has 0 N–H and O–H groups in total. The Labute approximate surface area is 193 Å². The highest BCUT2D eigenvalue weighted by Crippen LogP contribution is 1.91. The van der Waals surface area contributed by atoms with Crippen LogP contribution in [-0.4, -0.2) is 131 Å². The fourth-order valence-corrected chi connectivity index (χ4v) is 1.99. The summed E-state index contributed by atoms with van der Waals surface area (Å²) in [6.45, 7) is 13.5. The third-order valence-electron chi connectivity index (χ3n) is 3.72. The lowest BCUT2D eigenvalue weighted by atomic mass is 10.4. The molecule has 0 aromatic carbocycles. The summed E-state index contributed by atoms with van der Waals surface area (Å²) in [5.41, 5.74) is 0.376. The maximum atomic E-state index is 11.1. The summed E-state index contributed by atoms with van der Waals surface area (Å²) >= 11 is 0. The van der Waals surface area contributed by atoms with Gasteiger partial charge in [0.15, 0.2) is 0 Å². The van der Waals surface area contributed by atoms with Gasteiger partial charge in [0, 0.05) is 12.1 Å². The van der Waals surface area contributed by atoms with Crippen LogP contribution in [0, 0.1) is 0 Å². The van der Waals surface area contributed by atoms with Crippen molar-refractivity contribution in [3.05, 3.63) is 12.2 Å². The van der Waals surface area contributed by atoms with Crippen LogP contribution in [0.5, 0.6) is 0 Å². The van der Waals surface area contributed by atoms with E-state index in [2.05, 4.69) is 11.5 Å². The van der Waals surface area contributed by atoms with Crippen LogP contribution in [-0.2, 0) is 42.7 Å². The lowest BCUT2D eigenvalue weighted by Crippen LogP contribution is -2.19. The van der Waals surface area contributed by atoms with Crippen molar-refractivity contribution in [1.82, 2.24) is 4.90 Å². The molecule has 0 aliphatic heterocycles. The van der Waals surface area contributed by atoms with Gasteiger partial charge in [0.2, 0.25) is 0 Å². The number of hydrogen-bond donors (Lipinski definition) is 0. The largest absolute Gasteiger partial charge is 0.460 e. The number of carbonyl (C=O) groups is 1. The van der Waals surface area contributed by atoms with Crippen molar-refractivity contribution in [3.63, 3.8) is 0 Å². The summed E-state index contributed by atoms with van der Waals surface area (Å²) in [5.74, 6) is -0.406. The second kappa shape index (κ2) is 24.5. The molecule has 0 fully saturated rings. The van der Waals surface area contributed by atoms with Gasteiger partial charge in [-0.05, 0) is 21.0 Å². The Morgan fingerprint density at radius 3 is 1.12 bits per heavy atom. The van der Waals surface area contributed by atoms with E-state index in [1.807, 2.05) is 14.1 Å². The average molecular weight is 466 g/mol. The Kier molecular flexibility index (Phi) is 23.7. The Bertz CT molecular complexity index is 436. The van der Waals surface area contributed by atoms with E-state index in [1.54, 1.807) is 6.92 Å². The fourth-order valence-electron chi connectivity index (χ4n) is 1.99. The van der Waals surface area contributed by atoms with Crippen LogP contribution in [0.4, 0.5) is 0 Å². The highest BCUT2D eigenvalue weighted by atomic mass is 16.6. The molecule has 0 rings (SSSR count). The topological polar surface area (TPSA) is 94.2 Å².